The van der Waals surface area contributed by atoms with E-state index in [0.29, 0.717) is 13.2 Å². The molecule has 3 nitrogen and oxygen atoms in total. The highest BCUT2D eigenvalue weighted by Gasteiger charge is 1.92. The normalized spacial score (nSPS) is 10.1. The fraction of sp³-hybridized carbons (Fsp3) is 0.400. The quantitative estimate of drug-likeness (QED) is 0.760. The Morgan fingerprint density at radius 3 is 2.57 bits per heavy atom. The molecule has 0 atom stereocenters. The van der Waals surface area contributed by atoms with E-state index in [1.807, 2.05) is 24.3 Å². The van der Waals surface area contributed by atoms with Gasteiger partial charge in [0.15, 0.2) is 0 Å². The summed E-state index contributed by atoms with van der Waals surface area (Å²) in [5.41, 5.74) is 0. The van der Waals surface area contributed by atoms with E-state index in [-0.39, 0.29) is 6.61 Å². The molecule has 1 aromatic rings. The van der Waals surface area contributed by atoms with Gasteiger partial charge in [-0.05, 0) is 24.3 Å². The lowest BCUT2D eigenvalue weighted by atomic mass is 10.3. The summed E-state index contributed by atoms with van der Waals surface area (Å²) in [5.74, 6) is 0.860. The second-order valence-corrected chi connectivity index (χ2v) is 3.69. The van der Waals surface area contributed by atoms with Crippen molar-refractivity contribution < 1.29 is 9.84 Å². The molecular formula is C10H14BrNO2. The molecule has 0 heterocycles. The molecule has 0 saturated heterocycles. The van der Waals surface area contributed by atoms with Gasteiger partial charge in [0.05, 0.1) is 6.61 Å². The third-order valence-electron chi connectivity index (χ3n) is 1.65. The first kappa shape index (κ1) is 11.5. The molecule has 0 radical (unpaired) electrons. The van der Waals surface area contributed by atoms with Gasteiger partial charge in [0.1, 0.15) is 12.4 Å². The largest absolute Gasteiger partial charge is 0.492 e. The molecule has 1 aromatic carbocycles. The zero-order valence-electron chi connectivity index (χ0n) is 7.87. The molecule has 4 heteroatoms. The zero-order valence-corrected chi connectivity index (χ0v) is 9.46. The van der Waals surface area contributed by atoms with E-state index in [4.69, 9.17) is 9.84 Å². The molecule has 14 heavy (non-hydrogen) atoms. The number of ether oxygens (including phenoxy) is 1. The lowest BCUT2D eigenvalue weighted by Gasteiger charge is -2.06. The summed E-state index contributed by atoms with van der Waals surface area (Å²) >= 11 is 3.35. The highest BCUT2D eigenvalue weighted by atomic mass is 79.9. The predicted molar refractivity (Wildman–Crippen MR) is 59.6 cm³/mol. The Kier molecular flexibility index (Phi) is 5.59. The van der Waals surface area contributed by atoms with Gasteiger partial charge in [0.2, 0.25) is 0 Å². The number of nitrogens with one attached hydrogen (secondary N) is 1. The first-order valence-electron chi connectivity index (χ1n) is 4.53. The van der Waals surface area contributed by atoms with E-state index in [9.17, 15) is 0 Å². The maximum absolute atomic E-state index is 8.50. The van der Waals surface area contributed by atoms with Crippen molar-refractivity contribution in [1.82, 2.24) is 5.32 Å². The first-order valence-corrected chi connectivity index (χ1v) is 5.32. The minimum Gasteiger partial charge on any atom is -0.492 e. The van der Waals surface area contributed by atoms with Crippen LogP contribution < -0.4 is 10.1 Å². The maximum atomic E-state index is 8.50. The van der Waals surface area contributed by atoms with Crippen LogP contribution in [0.25, 0.3) is 0 Å². The minimum atomic E-state index is 0.165. The van der Waals surface area contributed by atoms with Gasteiger partial charge in [0.25, 0.3) is 0 Å². The Balaban J connectivity index is 2.15. The molecule has 0 spiro atoms. The van der Waals surface area contributed by atoms with Crippen molar-refractivity contribution in [3.05, 3.63) is 28.7 Å². The molecule has 0 unspecified atom stereocenters. The molecular weight excluding hydrogens is 246 g/mol. The lowest BCUT2D eigenvalue weighted by molar-refractivity contribution is 0.276. The van der Waals surface area contributed by atoms with Crippen LogP contribution in [0.3, 0.4) is 0 Å². The first-order chi connectivity index (χ1) is 6.83. The number of halogens is 1. The SMILES string of the molecule is OCCNCCOc1ccc(Br)cc1. The molecule has 0 aliphatic rings. The fourth-order valence-corrected chi connectivity index (χ4v) is 1.24. The summed E-state index contributed by atoms with van der Waals surface area (Å²) in [6.45, 7) is 2.14. The number of hydrogen-bond acceptors (Lipinski definition) is 3. The summed E-state index contributed by atoms with van der Waals surface area (Å²) in [6.07, 6.45) is 0. The standard InChI is InChI=1S/C10H14BrNO2/c11-9-1-3-10(4-2-9)14-8-6-12-5-7-13/h1-4,12-13H,5-8H2. The topological polar surface area (TPSA) is 41.5 Å². The molecule has 0 aromatic heterocycles. The van der Waals surface area contributed by atoms with Crippen LogP contribution in [0.4, 0.5) is 0 Å². The highest BCUT2D eigenvalue weighted by molar-refractivity contribution is 9.10. The molecule has 78 valence electrons. The van der Waals surface area contributed by atoms with E-state index in [1.54, 1.807) is 0 Å². The Labute approximate surface area is 92.2 Å². The molecule has 2 N–H and O–H groups in total. The van der Waals surface area contributed by atoms with Crippen molar-refractivity contribution in [3.63, 3.8) is 0 Å². The Morgan fingerprint density at radius 2 is 1.93 bits per heavy atom. The number of aliphatic hydroxyl groups is 1. The maximum Gasteiger partial charge on any atom is 0.119 e. The highest BCUT2D eigenvalue weighted by Crippen LogP contribution is 2.15. The predicted octanol–water partition coefficient (Wildman–Crippen LogP) is 1.41. The van der Waals surface area contributed by atoms with Crippen molar-refractivity contribution in [2.45, 2.75) is 0 Å². The summed E-state index contributed by atoms with van der Waals surface area (Å²) < 4.78 is 6.49. The smallest absolute Gasteiger partial charge is 0.119 e. The number of benzene rings is 1. The molecule has 0 fully saturated rings. The summed E-state index contributed by atoms with van der Waals surface area (Å²) in [6, 6.07) is 7.71. The van der Waals surface area contributed by atoms with Gasteiger partial charge in [-0.25, -0.2) is 0 Å². The van der Waals surface area contributed by atoms with Crippen molar-refractivity contribution in [2.24, 2.45) is 0 Å². The van der Waals surface area contributed by atoms with Gasteiger partial charge in [-0.2, -0.15) is 0 Å². The van der Waals surface area contributed by atoms with Gasteiger partial charge in [-0.15, -0.1) is 0 Å². The Bertz CT molecular complexity index is 251. The van der Waals surface area contributed by atoms with Crippen LogP contribution in [0, 0.1) is 0 Å². The Morgan fingerprint density at radius 1 is 1.21 bits per heavy atom. The van der Waals surface area contributed by atoms with Gasteiger partial charge < -0.3 is 15.2 Å². The summed E-state index contributed by atoms with van der Waals surface area (Å²) in [5, 5.41) is 11.5. The van der Waals surface area contributed by atoms with Gasteiger partial charge in [0, 0.05) is 17.6 Å². The van der Waals surface area contributed by atoms with E-state index in [0.717, 1.165) is 16.8 Å². The van der Waals surface area contributed by atoms with Gasteiger partial charge in [-0.1, -0.05) is 15.9 Å². The van der Waals surface area contributed by atoms with Crippen LogP contribution in [0.15, 0.2) is 28.7 Å². The monoisotopic (exact) mass is 259 g/mol. The van der Waals surface area contributed by atoms with Crippen LogP contribution in [-0.4, -0.2) is 31.4 Å². The van der Waals surface area contributed by atoms with Crippen LogP contribution in [-0.2, 0) is 0 Å². The third kappa shape index (κ3) is 4.60. The second kappa shape index (κ2) is 6.81. The number of aliphatic hydroxyl groups excluding tert-OH is 1. The van der Waals surface area contributed by atoms with Crippen LogP contribution in [0.5, 0.6) is 5.75 Å². The average molecular weight is 260 g/mol. The number of rotatable bonds is 6. The fourth-order valence-electron chi connectivity index (χ4n) is 0.976. The summed E-state index contributed by atoms with van der Waals surface area (Å²) in [4.78, 5) is 0. The van der Waals surface area contributed by atoms with Crippen LogP contribution in [0.2, 0.25) is 0 Å². The minimum absolute atomic E-state index is 0.165. The Hall–Kier alpha value is -0.580. The van der Waals surface area contributed by atoms with Crippen molar-refractivity contribution >= 4 is 15.9 Å². The second-order valence-electron chi connectivity index (χ2n) is 2.78. The van der Waals surface area contributed by atoms with Crippen LogP contribution >= 0.6 is 15.9 Å². The molecule has 0 bridgehead atoms. The summed E-state index contributed by atoms with van der Waals surface area (Å²) in [7, 11) is 0. The lowest BCUT2D eigenvalue weighted by Crippen LogP contribution is -2.23. The molecule has 0 amide bonds. The zero-order chi connectivity index (χ0) is 10.2. The third-order valence-corrected chi connectivity index (χ3v) is 2.18. The molecule has 0 aliphatic heterocycles. The number of hydrogen-bond donors (Lipinski definition) is 2. The van der Waals surface area contributed by atoms with Gasteiger partial charge in [-0.3, -0.25) is 0 Å². The van der Waals surface area contributed by atoms with Crippen molar-refractivity contribution in [3.8, 4) is 5.75 Å². The van der Waals surface area contributed by atoms with E-state index in [2.05, 4.69) is 21.2 Å². The molecule has 0 saturated carbocycles. The van der Waals surface area contributed by atoms with Crippen molar-refractivity contribution in [1.29, 1.82) is 0 Å². The average Bonchev–Trinajstić information content (AvgIpc) is 2.21. The van der Waals surface area contributed by atoms with E-state index in [1.165, 1.54) is 0 Å². The van der Waals surface area contributed by atoms with Crippen LogP contribution in [0.1, 0.15) is 0 Å². The van der Waals surface area contributed by atoms with E-state index < -0.39 is 0 Å². The van der Waals surface area contributed by atoms with E-state index >= 15 is 0 Å². The molecule has 0 aliphatic carbocycles. The van der Waals surface area contributed by atoms with Gasteiger partial charge >= 0.3 is 0 Å². The molecule has 1 rings (SSSR count). The van der Waals surface area contributed by atoms with Crippen molar-refractivity contribution in [2.75, 3.05) is 26.3 Å².